The minimum atomic E-state index is -3.68. The van der Waals surface area contributed by atoms with Crippen molar-refractivity contribution in [2.24, 2.45) is 16.8 Å². The zero-order chi connectivity index (χ0) is 19.8. The zero-order valence-corrected chi connectivity index (χ0v) is 16.1. The summed E-state index contributed by atoms with van der Waals surface area (Å²) in [5.41, 5.74) is 0.448. The summed E-state index contributed by atoms with van der Waals surface area (Å²) in [5.74, 6) is -1.40. The average molecular weight is 393 g/mol. The van der Waals surface area contributed by atoms with Crippen LogP contribution in [0.2, 0.25) is 0 Å². The van der Waals surface area contributed by atoms with E-state index in [1.54, 1.807) is 18.2 Å². The number of nitrogens with zero attached hydrogens (tertiary/aromatic N) is 2. The van der Waals surface area contributed by atoms with Crippen molar-refractivity contribution in [1.29, 1.82) is 0 Å². The van der Waals surface area contributed by atoms with Crippen LogP contribution in [0.5, 0.6) is 0 Å². The van der Waals surface area contributed by atoms with E-state index in [1.165, 1.54) is 11.0 Å². The van der Waals surface area contributed by atoms with Crippen molar-refractivity contribution in [2.75, 3.05) is 13.1 Å². The SMILES string of the molecule is CC(C)CC(N=C1NS(=O)(=O)c2ccccc21)C(=O)N1CCC(C(=O)O)C1. The molecule has 1 aromatic rings. The predicted octanol–water partition coefficient (Wildman–Crippen LogP) is 1.07. The Morgan fingerprint density at radius 1 is 1.33 bits per heavy atom. The number of carboxylic acids is 1. The lowest BCUT2D eigenvalue weighted by Crippen LogP contribution is -2.39. The summed E-state index contributed by atoms with van der Waals surface area (Å²) in [6, 6.07) is 5.74. The van der Waals surface area contributed by atoms with Gasteiger partial charge in [-0.25, -0.2) is 8.42 Å². The van der Waals surface area contributed by atoms with Gasteiger partial charge in [0.25, 0.3) is 10.0 Å². The highest BCUT2D eigenvalue weighted by Crippen LogP contribution is 2.25. The van der Waals surface area contributed by atoms with Crippen LogP contribution in [-0.2, 0) is 19.6 Å². The normalized spacial score (nSPS) is 23.3. The Morgan fingerprint density at radius 2 is 2.04 bits per heavy atom. The highest BCUT2D eigenvalue weighted by Gasteiger charge is 2.36. The van der Waals surface area contributed by atoms with Gasteiger partial charge in [-0.2, -0.15) is 0 Å². The fourth-order valence-electron chi connectivity index (χ4n) is 3.41. The van der Waals surface area contributed by atoms with Crippen LogP contribution in [0.25, 0.3) is 0 Å². The maximum atomic E-state index is 13.0. The molecule has 9 heteroatoms. The summed E-state index contributed by atoms with van der Waals surface area (Å²) in [7, 11) is -3.68. The van der Waals surface area contributed by atoms with Crippen LogP contribution < -0.4 is 4.72 Å². The van der Waals surface area contributed by atoms with Crippen LogP contribution in [0.15, 0.2) is 34.2 Å². The lowest BCUT2D eigenvalue weighted by Gasteiger charge is -2.22. The Hall–Kier alpha value is -2.42. The van der Waals surface area contributed by atoms with Crippen LogP contribution in [0.4, 0.5) is 0 Å². The number of amidine groups is 1. The smallest absolute Gasteiger partial charge is 0.308 e. The molecule has 2 aliphatic heterocycles. The molecule has 27 heavy (non-hydrogen) atoms. The molecule has 0 spiro atoms. The minimum absolute atomic E-state index is 0.145. The molecule has 3 rings (SSSR count). The molecular weight excluding hydrogens is 370 g/mol. The van der Waals surface area contributed by atoms with Gasteiger partial charge in [-0.3, -0.25) is 19.3 Å². The van der Waals surface area contributed by atoms with E-state index in [9.17, 15) is 18.0 Å². The van der Waals surface area contributed by atoms with Gasteiger partial charge in [0.05, 0.1) is 10.8 Å². The number of benzene rings is 1. The van der Waals surface area contributed by atoms with Crippen LogP contribution in [-0.4, -0.2) is 55.3 Å². The number of carboxylic acid groups (broad SMARTS) is 1. The van der Waals surface area contributed by atoms with Gasteiger partial charge in [-0.05, 0) is 30.9 Å². The first-order chi connectivity index (χ1) is 12.7. The number of aliphatic imine (C=N–C) groups is 1. The number of amides is 1. The Balaban J connectivity index is 1.89. The number of fused-ring (bicyclic) bond motifs is 1. The summed E-state index contributed by atoms with van der Waals surface area (Å²) < 4.78 is 26.9. The molecule has 2 aliphatic rings. The second kappa shape index (κ2) is 7.30. The van der Waals surface area contributed by atoms with Crippen LogP contribution in [0.1, 0.15) is 32.3 Å². The molecule has 1 aromatic carbocycles. The molecule has 0 radical (unpaired) electrons. The first-order valence-corrected chi connectivity index (χ1v) is 10.4. The molecule has 2 unspecified atom stereocenters. The zero-order valence-electron chi connectivity index (χ0n) is 15.3. The highest BCUT2D eigenvalue weighted by atomic mass is 32.2. The summed E-state index contributed by atoms with van der Waals surface area (Å²) in [6.45, 7) is 4.45. The number of carbonyl (C=O) groups excluding carboxylic acids is 1. The van der Waals surface area contributed by atoms with Gasteiger partial charge < -0.3 is 10.0 Å². The highest BCUT2D eigenvalue weighted by molar-refractivity contribution is 7.90. The summed E-state index contributed by atoms with van der Waals surface area (Å²) in [6.07, 6.45) is 0.863. The molecule has 2 atom stereocenters. The number of carbonyl (C=O) groups is 2. The lowest BCUT2D eigenvalue weighted by atomic mass is 10.0. The van der Waals surface area contributed by atoms with Crippen molar-refractivity contribution in [3.8, 4) is 0 Å². The maximum absolute atomic E-state index is 13.0. The van der Waals surface area contributed by atoms with Crippen LogP contribution in [0.3, 0.4) is 0 Å². The number of aliphatic carboxylic acids is 1. The predicted molar refractivity (Wildman–Crippen MR) is 98.9 cm³/mol. The molecule has 1 fully saturated rings. The van der Waals surface area contributed by atoms with E-state index in [1.807, 2.05) is 13.8 Å². The van der Waals surface area contributed by atoms with Crippen molar-refractivity contribution in [3.05, 3.63) is 29.8 Å². The van der Waals surface area contributed by atoms with E-state index in [0.717, 1.165) is 0 Å². The van der Waals surface area contributed by atoms with Crippen molar-refractivity contribution >= 4 is 27.7 Å². The van der Waals surface area contributed by atoms with Crippen LogP contribution >= 0.6 is 0 Å². The summed E-state index contributed by atoms with van der Waals surface area (Å²) >= 11 is 0. The van der Waals surface area contributed by atoms with Crippen molar-refractivity contribution < 1.29 is 23.1 Å². The molecule has 1 saturated heterocycles. The Bertz CT molecular complexity index is 894. The molecule has 2 heterocycles. The van der Waals surface area contributed by atoms with E-state index in [0.29, 0.717) is 24.9 Å². The Labute approximate surface area is 158 Å². The van der Waals surface area contributed by atoms with Gasteiger partial charge in [-0.15, -0.1) is 0 Å². The monoisotopic (exact) mass is 393 g/mol. The van der Waals surface area contributed by atoms with Gasteiger partial charge >= 0.3 is 5.97 Å². The van der Waals surface area contributed by atoms with E-state index < -0.39 is 28.0 Å². The molecule has 0 bridgehead atoms. The third kappa shape index (κ3) is 3.97. The Morgan fingerprint density at radius 3 is 2.67 bits per heavy atom. The van der Waals surface area contributed by atoms with E-state index in [4.69, 9.17) is 5.11 Å². The van der Waals surface area contributed by atoms with E-state index in [2.05, 4.69) is 9.71 Å². The van der Waals surface area contributed by atoms with E-state index >= 15 is 0 Å². The Kier molecular flexibility index (Phi) is 5.23. The second-order valence-corrected chi connectivity index (χ2v) is 8.98. The van der Waals surface area contributed by atoms with E-state index in [-0.39, 0.29) is 29.1 Å². The third-order valence-corrected chi connectivity index (χ3v) is 6.17. The molecule has 0 aromatic heterocycles. The van der Waals surface area contributed by atoms with Crippen molar-refractivity contribution in [1.82, 2.24) is 9.62 Å². The minimum Gasteiger partial charge on any atom is -0.481 e. The van der Waals surface area contributed by atoms with Crippen LogP contribution in [0, 0.1) is 11.8 Å². The van der Waals surface area contributed by atoms with Gasteiger partial charge in [0.2, 0.25) is 5.91 Å². The number of hydrogen-bond acceptors (Lipinski definition) is 5. The molecule has 0 saturated carbocycles. The molecule has 146 valence electrons. The lowest BCUT2D eigenvalue weighted by molar-refractivity contribution is -0.141. The largest absolute Gasteiger partial charge is 0.481 e. The molecular formula is C18H23N3O5S. The molecule has 0 aliphatic carbocycles. The maximum Gasteiger partial charge on any atom is 0.308 e. The van der Waals surface area contributed by atoms with Gasteiger partial charge in [0.15, 0.2) is 0 Å². The fraction of sp³-hybridized carbons (Fsp3) is 0.500. The second-order valence-electron chi connectivity index (χ2n) is 7.33. The number of likely N-dealkylation sites (tertiary alicyclic amines) is 1. The third-order valence-electron chi connectivity index (χ3n) is 4.78. The van der Waals surface area contributed by atoms with Gasteiger partial charge in [0.1, 0.15) is 11.9 Å². The standard InChI is InChI=1S/C18H23N3O5S/c1-11(2)9-14(17(22)21-8-7-12(10-21)18(23)24)19-16-13-5-3-4-6-15(13)27(25,26)20-16/h3-6,11-12,14H,7-10H2,1-2H3,(H,19,20)(H,23,24). The topological polar surface area (TPSA) is 116 Å². The quantitative estimate of drug-likeness (QED) is 0.776. The van der Waals surface area contributed by atoms with Crippen molar-refractivity contribution in [2.45, 2.75) is 37.6 Å². The molecule has 2 N–H and O–H groups in total. The first-order valence-electron chi connectivity index (χ1n) is 8.90. The first kappa shape index (κ1) is 19.3. The van der Waals surface area contributed by atoms with Gasteiger partial charge in [0, 0.05) is 18.7 Å². The number of hydrogen-bond donors (Lipinski definition) is 2. The number of nitrogens with one attached hydrogen (secondary N) is 1. The van der Waals surface area contributed by atoms with Gasteiger partial charge in [-0.1, -0.05) is 26.0 Å². The summed E-state index contributed by atoms with van der Waals surface area (Å²) in [5, 5.41) is 9.15. The summed E-state index contributed by atoms with van der Waals surface area (Å²) in [4.78, 5) is 30.2. The molecule has 1 amide bonds. The molecule has 8 nitrogen and oxygen atoms in total. The number of sulfonamides is 1. The number of rotatable bonds is 5. The average Bonchev–Trinajstić information content (AvgIpc) is 3.18. The fourth-order valence-corrected chi connectivity index (χ4v) is 4.65. The van der Waals surface area contributed by atoms with Crippen molar-refractivity contribution in [3.63, 3.8) is 0 Å².